The molecule has 0 spiro atoms. The van der Waals surface area contributed by atoms with E-state index in [1.807, 2.05) is 12.3 Å². The van der Waals surface area contributed by atoms with Crippen LogP contribution in [0, 0.1) is 12.8 Å². The molecule has 26 heavy (non-hydrogen) atoms. The zero-order valence-electron chi connectivity index (χ0n) is 14.8. The molecule has 1 aliphatic rings. The number of fused-ring (bicyclic) bond motifs is 1. The van der Waals surface area contributed by atoms with Gasteiger partial charge in [0.2, 0.25) is 5.95 Å². The van der Waals surface area contributed by atoms with Crippen LogP contribution in [-0.2, 0) is 0 Å². The number of aryl methyl sites for hydroxylation is 1. The second-order valence-electron chi connectivity index (χ2n) is 6.58. The molecule has 0 fully saturated rings. The normalized spacial score (nSPS) is 16.5. The lowest BCUT2D eigenvalue weighted by Gasteiger charge is -2.10. The van der Waals surface area contributed by atoms with Gasteiger partial charge in [-0.15, -0.1) is 0 Å². The van der Waals surface area contributed by atoms with Crippen molar-refractivity contribution >= 4 is 22.4 Å². The molecule has 1 aromatic carbocycles. The molecule has 0 aliphatic heterocycles. The first-order valence-electron chi connectivity index (χ1n) is 8.68. The zero-order chi connectivity index (χ0) is 18.1. The molecule has 2 heterocycles. The van der Waals surface area contributed by atoms with Crippen molar-refractivity contribution < 1.29 is 0 Å². The van der Waals surface area contributed by atoms with Crippen LogP contribution < -0.4 is 5.73 Å². The first kappa shape index (κ1) is 16.2. The lowest BCUT2D eigenvalue weighted by Crippen LogP contribution is -2.01. The van der Waals surface area contributed by atoms with Crippen LogP contribution in [0.15, 0.2) is 66.9 Å². The average Bonchev–Trinajstić information content (AvgIpc) is 2.86. The van der Waals surface area contributed by atoms with Crippen LogP contribution in [0.5, 0.6) is 0 Å². The van der Waals surface area contributed by atoms with Crippen LogP contribution in [0.1, 0.15) is 18.2 Å². The van der Waals surface area contributed by atoms with Gasteiger partial charge in [0.15, 0.2) is 0 Å². The minimum atomic E-state index is 0.254. The number of aromatic nitrogens is 3. The highest BCUT2D eigenvalue weighted by atomic mass is 15.0. The van der Waals surface area contributed by atoms with Crippen LogP contribution in [0.4, 0.5) is 5.95 Å². The van der Waals surface area contributed by atoms with Gasteiger partial charge < -0.3 is 5.73 Å². The van der Waals surface area contributed by atoms with E-state index in [0.717, 1.165) is 33.4 Å². The van der Waals surface area contributed by atoms with Crippen LogP contribution in [0.2, 0.25) is 0 Å². The van der Waals surface area contributed by atoms with Crippen molar-refractivity contribution in [1.82, 2.24) is 15.0 Å². The van der Waals surface area contributed by atoms with E-state index in [-0.39, 0.29) is 5.95 Å². The molecule has 128 valence electrons. The number of nitrogen functional groups attached to an aromatic ring is 1. The fourth-order valence-corrected chi connectivity index (χ4v) is 3.08. The molecular weight excluding hydrogens is 320 g/mol. The Morgan fingerprint density at radius 3 is 2.58 bits per heavy atom. The van der Waals surface area contributed by atoms with Crippen LogP contribution >= 0.6 is 0 Å². The summed E-state index contributed by atoms with van der Waals surface area (Å²) in [7, 11) is 0. The summed E-state index contributed by atoms with van der Waals surface area (Å²) < 4.78 is 0. The smallest absolute Gasteiger partial charge is 0.221 e. The fraction of sp³-hybridized carbons (Fsp3) is 0.136. The molecule has 2 aromatic heterocycles. The topological polar surface area (TPSA) is 64.7 Å². The summed E-state index contributed by atoms with van der Waals surface area (Å²) in [6.07, 6.45) is 12.3. The Bertz CT molecular complexity index is 1060. The Morgan fingerprint density at radius 2 is 1.77 bits per heavy atom. The summed E-state index contributed by atoms with van der Waals surface area (Å²) in [4.78, 5) is 13.6. The van der Waals surface area contributed by atoms with Gasteiger partial charge >= 0.3 is 0 Å². The van der Waals surface area contributed by atoms with Crippen molar-refractivity contribution in [2.45, 2.75) is 13.8 Å². The van der Waals surface area contributed by atoms with E-state index in [0.29, 0.717) is 5.92 Å². The third kappa shape index (κ3) is 3.02. The molecule has 1 unspecified atom stereocenters. The number of pyridine rings is 1. The Labute approximate surface area is 152 Å². The molecule has 0 radical (unpaired) electrons. The highest BCUT2D eigenvalue weighted by Crippen LogP contribution is 2.31. The molecule has 1 aliphatic carbocycles. The standard InChI is InChI=1S/C22H20N4/c1-14-4-3-5-16(9-6-14)20-21-18(12-13-24-20)19(25-22(23)26-21)17-10-7-15(2)8-11-17/h3-14H,1-2H3,(H2,23,25,26). The summed E-state index contributed by atoms with van der Waals surface area (Å²) in [5, 5.41) is 0.948. The summed E-state index contributed by atoms with van der Waals surface area (Å²) in [6, 6.07) is 10.2. The number of rotatable bonds is 2. The summed E-state index contributed by atoms with van der Waals surface area (Å²) >= 11 is 0. The number of hydrogen-bond donors (Lipinski definition) is 1. The van der Waals surface area contributed by atoms with E-state index >= 15 is 0 Å². The molecule has 0 saturated heterocycles. The zero-order valence-corrected chi connectivity index (χ0v) is 14.8. The molecule has 4 rings (SSSR count). The van der Waals surface area contributed by atoms with Crippen molar-refractivity contribution in [2.75, 3.05) is 5.73 Å². The van der Waals surface area contributed by atoms with Gasteiger partial charge in [-0.05, 0) is 18.9 Å². The second kappa shape index (κ2) is 6.56. The van der Waals surface area contributed by atoms with Gasteiger partial charge in [0, 0.05) is 22.7 Å². The molecular formula is C22H20N4. The lowest BCUT2D eigenvalue weighted by atomic mass is 10.0. The molecule has 0 saturated carbocycles. The summed E-state index contributed by atoms with van der Waals surface area (Å²) in [5.74, 6) is 0.644. The molecule has 4 nitrogen and oxygen atoms in total. The van der Waals surface area contributed by atoms with Crippen LogP contribution in [0.3, 0.4) is 0 Å². The number of nitrogens with two attached hydrogens (primary N) is 1. The van der Waals surface area contributed by atoms with Crippen LogP contribution in [0.25, 0.3) is 27.7 Å². The minimum Gasteiger partial charge on any atom is -0.368 e. The SMILES string of the molecule is Cc1ccc(-c2nc(N)nc3c(C4=CC=CC(C)C=C4)nccc23)cc1. The maximum absolute atomic E-state index is 6.04. The third-order valence-electron chi connectivity index (χ3n) is 4.50. The molecule has 4 heteroatoms. The quantitative estimate of drug-likeness (QED) is 0.732. The number of anilines is 1. The first-order chi connectivity index (χ1) is 12.6. The predicted molar refractivity (Wildman–Crippen MR) is 107 cm³/mol. The maximum Gasteiger partial charge on any atom is 0.221 e. The number of benzene rings is 1. The van der Waals surface area contributed by atoms with Crippen molar-refractivity contribution in [3.8, 4) is 11.3 Å². The van der Waals surface area contributed by atoms with Gasteiger partial charge in [0.1, 0.15) is 5.52 Å². The number of allylic oxidation sites excluding steroid dienone is 6. The molecule has 1 atom stereocenters. The van der Waals surface area contributed by atoms with Crippen molar-refractivity contribution in [2.24, 2.45) is 5.92 Å². The van der Waals surface area contributed by atoms with E-state index in [1.165, 1.54) is 5.56 Å². The average molecular weight is 340 g/mol. The largest absolute Gasteiger partial charge is 0.368 e. The van der Waals surface area contributed by atoms with E-state index < -0.39 is 0 Å². The Balaban J connectivity index is 1.95. The molecule has 3 aromatic rings. The van der Waals surface area contributed by atoms with E-state index in [1.54, 1.807) is 0 Å². The monoisotopic (exact) mass is 340 g/mol. The Morgan fingerprint density at radius 1 is 0.962 bits per heavy atom. The minimum absolute atomic E-state index is 0.254. The Kier molecular flexibility index (Phi) is 4.09. The summed E-state index contributed by atoms with van der Waals surface area (Å²) in [5.41, 5.74) is 11.7. The van der Waals surface area contributed by atoms with E-state index in [4.69, 9.17) is 5.73 Å². The van der Waals surface area contributed by atoms with Gasteiger partial charge in [-0.25, -0.2) is 9.97 Å². The molecule has 0 bridgehead atoms. The number of nitrogens with zero attached hydrogens (tertiary/aromatic N) is 3. The predicted octanol–water partition coefficient (Wildman–Crippen LogP) is 4.73. The van der Waals surface area contributed by atoms with E-state index in [2.05, 4.69) is 83.4 Å². The Hall–Kier alpha value is -3.27. The van der Waals surface area contributed by atoms with Gasteiger partial charge in [0.25, 0.3) is 0 Å². The molecule has 2 N–H and O–H groups in total. The lowest BCUT2D eigenvalue weighted by molar-refractivity contribution is 0.943. The summed E-state index contributed by atoms with van der Waals surface area (Å²) in [6.45, 7) is 4.22. The highest BCUT2D eigenvalue weighted by Gasteiger charge is 2.14. The second-order valence-corrected chi connectivity index (χ2v) is 6.58. The maximum atomic E-state index is 6.04. The third-order valence-corrected chi connectivity index (χ3v) is 4.50. The first-order valence-corrected chi connectivity index (χ1v) is 8.68. The highest BCUT2D eigenvalue weighted by molar-refractivity contribution is 5.99. The fourth-order valence-electron chi connectivity index (χ4n) is 3.08. The van der Waals surface area contributed by atoms with E-state index in [9.17, 15) is 0 Å². The molecule has 0 amide bonds. The van der Waals surface area contributed by atoms with Gasteiger partial charge in [-0.1, -0.05) is 67.1 Å². The van der Waals surface area contributed by atoms with Crippen LogP contribution in [-0.4, -0.2) is 15.0 Å². The van der Waals surface area contributed by atoms with Gasteiger partial charge in [0.05, 0.1) is 11.4 Å². The van der Waals surface area contributed by atoms with Crippen molar-refractivity contribution in [3.63, 3.8) is 0 Å². The van der Waals surface area contributed by atoms with Crippen molar-refractivity contribution in [3.05, 3.63) is 78.2 Å². The van der Waals surface area contributed by atoms with Gasteiger partial charge in [-0.3, -0.25) is 4.98 Å². The van der Waals surface area contributed by atoms with Gasteiger partial charge in [-0.2, -0.15) is 0 Å². The number of hydrogen-bond acceptors (Lipinski definition) is 4. The van der Waals surface area contributed by atoms with Crippen molar-refractivity contribution in [1.29, 1.82) is 0 Å².